The first-order valence-corrected chi connectivity index (χ1v) is 11.5. The lowest BCUT2D eigenvalue weighted by atomic mass is 10.2. The third kappa shape index (κ3) is 5.14. The smallest absolute Gasteiger partial charge is 0.293 e. The van der Waals surface area contributed by atoms with Gasteiger partial charge in [0.2, 0.25) is 5.91 Å². The van der Waals surface area contributed by atoms with Crippen molar-refractivity contribution in [2.24, 2.45) is 0 Å². The highest BCUT2D eigenvalue weighted by Gasteiger charge is 2.34. The molecule has 0 radical (unpaired) electrons. The molecule has 1 aliphatic rings. The van der Waals surface area contributed by atoms with E-state index < -0.39 is 0 Å². The van der Waals surface area contributed by atoms with Gasteiger partial charge in [-0.3, -0.25) is 19.3 Å². The van der Waals surface area contributed by atoms with Gasteiger partial charge in [0.1, 0.15) is 11.3 Å². The molecule has 2 heterocycles. The second-order valence-electron chi connectivity index (χ2n) is 6.69. The average Bonchev–Trinajstić information content (AvgIpc) is 3.34. The van der Waals surface area contributed by atoms with E-state index in [1.54, 1.807) is 25.3 Å². The molecule has 4 rings (SSSR count). The Morgan fingerprint density at radius 1 is 1.22 bits per heavy atom. The van der Waals surface area contributed by atoms with Crippen LogP contribution in [0.4, 0.5) is 4.79 Å². The lowest BCUT2D eigenvalue weighted by molar-refractivity contribution is -0.123. The summed E-state index contributed by atoms with van der Waals surface area (Å²) in [5.74, 6) is 0.218. The first kappa shape index (κ1) is 22.0. The number of para-hydroxylation sites is 2. The molecule has 0 atom stereocenters. The van der Waals surface area contributed by atoms with Crippen LogP contribution in [-0.4, -0.2) is 52.9 Å². The maximum Gasteiger partial charge on any atom is 0.293 e. The van der Waals surface area contributed by atoms with Crippen molar-refractivity contribution < 1.29 is 23.5 Å². The molecule has 1 N–H and O–H groups in total. The Morgan fingerprint density at radius 2 is 2.00 bits per heavy atom. The van der Waals surface area contributed by atoms with Crippen LogP contribution in [0.15, 0.2) is 63.1 Å². The molecule has 2 aromatic carbocycles. The fourth-order valence-corrected chi connectivity index (χ4v) is 4.48. The maximum atomic E-state index is 12.6. The molecule has 8 nitrogen and oxygen atoms in total. The lowest BCUT2D eigenvalue weighted by Crippen LogP contribution is -2.37. The first-order valence-electron chi connectivity index (χ1n) is 9.68. The second-order valence-corrected chi connectivity index (χ2v) is 8.61. The summed E-state index contributed by atoms with van der Waals surface area (Å²) in [6.07, 6.45) is 1.67. The van der Waals surface area contributed by atoms with Crippen molar-refractivity contribution in [2.45, 2.75) is 5.22 Å². The van der Waals surface area contributed by atoms with Gasteiger partial charge in [-0.1, -0.05) is 36.0 Å². The quantitative estimate of drug-likeness (QED) is 0.393. The number of hydrogen-bond acceptors (Lipinski definition) is 8. The molecule has 0 aliphatic carbocycles. The van der Waals surface area contributed by atoms with Crippen LogP contribution in [0.25, 0.3) is 17.2 Å². The number of ether oxygens (including phenoxy) is 1. The number of carbonyl (C=O) groups excluding carboxylic acids is 3. The SMILES string of the molecule is COc1ccc(/C=C2/SC(=O)N(CCNC(=O)CSc3nc4ccccc4o3)C2=O)cc1. The summed E-state index contributed by atoms with van der Waals surface area (Å²) in [5, 5.41) is 2.77. The predicted octanol–water partition coefficient (Wildman–Crippen LogP) is 3.78. The number of rotatable bonds is 8. The molecule has 3 aromatic rings. The molecule has 0 unspecified atom stereocenters. The fourth-order valence-electron chi connectivity index (χ4n) is 2.94. The van der Waals surface area contributed by atoms with Crippen molar-refractivity contribution in [2.75, 3.05) is 26.0 Å². The van der Waals surface area contributed by atoms with Gasteiger partial charge in [0.05, 0.1) is 17.8 Å². The van der Waals surface area contributed by atoms with Crippen molar-refractivity contribution >= 4 is 57.8 Å². The summed E-state index contributed by atoms with van der Waals surface area (Å²) >= 11 is 2.07. The largest absolute Gasteiger partial charge is 0.497 e. The second kappa shape index (κ2) is 9.92. The van der Waals surface area contributed by atoms with Crippen LogP contribution < -0.4 is 10.1 Å². The van der Waals surface area contributed by atoms with E-state index in [-0.39, 0.29) is 35.9 Å². The lowest BCUT2D eigenvalue weighted by Gasteiger charge is -2.12. The number of thioether (sulfide) groups is 2. The molecular weight excluding hydrogens is 450 g/mol. The van der Waals surface area contributed by atoms with Crippen LogP contribution in [0.5, 0.6) is 5.75 Å². The summed E-state index contributed by atoms with van der Waals surface area (Å²) < 4.78 is 10.7. The van der Waals surface area contributed by atoms with Gasteiger partial charge in [-0.15, -0.1) is 0 Å². The first-order chi connectivity index (χ1) is 15.5. The Labute approximate surface area is 192 Å². The number of aromatic nitrogens is 1. The van der Waals surface area contributed by atoms with Gasteiger partial charge in [-0.2, -0.15) is 0 Å². The molecule has 164 valence electrons. The van der Waals surface area contributed by atoms with Crippen molar-refractivity contribution in [3.63, 3.8) is 0 Å². The van der Waals surface area contributed by atoms with Crippen molar-refractivity contribution in [1.29, 1.82) is 0 Å². The van der Waals surface area contributed by atoms with E-state index in [1.165, 1.54) is 11.8 Å². The van der Waals surface area contributed by atoms with Crippen LogP contribution in [0.2, 0.25) is 0 Å². The number of nitrogens with one attached hydrogen (secondary N) is 1. The zero-order chi connectivity index (χ0) is 22.5. The van der Waals surface area contributed by atoms with E-state index in [4.69, 9.17) is 9.15 Å². The molecule has 1 aromatic heterocycles. The van der Waals surface area contributed by atoms with Gasteiger partial charge in [0, 0.05) is 13.1 Å². The summed E-state index contributed by atoms with van der Waals surface area (Å²) in [4.78, 5) is 42.7. The third-order valence-electron chi connectivity index (χ3n) is 4.55. The molecule has 3 amide bonds. The van der Waals surface area contributed by atoms with Crippen LogP contribution in [0.3, 0.4) is 0 Å². The van der Waals surface area contributed by atoms with Crippen molar-refractivity contribution in [1.82, 2.24) is 15.2 Å². The number of carbonyl (C=O) groups is 3. The number of amides is 3. The topological polar surface area (TPSA) is 102 Å². The molecule has 0 bridgehead atoms. The fraction of sp³-hybridized carbons (Fsp3) is 0.182. The molecule has 32 heavy (non-hydrogen) atoms. The number of imide groups is 1. The molecular formula is C22H19N3O5S2. The predicted molar refractivity (Wildman–Crippen MR) is 123 cm³/mol. The van der Waals surface area contributed by atoms with Gasteiger partial charge >= 0.3 is 0 Å². The number of methoxy groups -OCH3 is 1. The Kier molecular flexibility index (Phi) is 6.81. The molecule has 0 spiro atoms. The number of benzene rings is 2. The van der Waals surface area contributed by atoms with Crippen LogP contribution in [0, 0.1) is 0 Å². The van der Waals surface area contributed by atoms with E-state index in [9.17, 15) is 14.4 Å². The zero-order valence-electron chi connectivity index (χ0n) is 17.1. The van der Waals surface area contributed by atoms with Crippen LogP contribution in [0.1, 0.15) is 5.56 Å². The standard InChI is InChI=1S/C22H19N3O5S2/c1-29-15-8-6-14(7-9-15)12-18-20(27)25(22(28)32-18)11-10-23-19(26)13-31-21-24-16-4-2-3-5-17(16)30-21/h2-9,12H,10-11,13H2,1H3,(H,23,26)/b18-12+. The molecule has 0 saturated carbocycles. The van der Waals surface area contributed by atoms with E-state index >= 15 is 0 Å². The minimum absolute atomic E-state index is 0.101. The molecule has 1 fully saturated rings. The third-order valence-corrected chi connectivity index (χ3v) is 6.28. The number of nitrogens with zero attached hydrogens (tertiary/aromatic N) is 2. The van der Waals surface area contributed by atoms with E-state index in [1.807, 2.05) is 36.4 Å². The van der Waals surface area contributed by atoms with Gasteiger partial charge in [0.25, 0.3) is 16.4 Å². The summed E-state index contributed by atoms with van der Waals surface area (Å²) in [6.45, 7) is 0.269. The van der Waals surface area contributed by atoms with E-state index in [2.05, 4.69) is 10.3 Å². The van der Waals surface area contributed by atoms with Gasteiger partial charge in [0.15, 0.2) is 5.58 Å². The van der Waals surface area contributed by atoms with Crippen molar-refractivity contribution in [3.05, 3.63) is 59.0 Å². The molecule has 10 heteroatoms. The van der Waals surface area contributed by atoms with Crippen LogP contribution >= 0.6 is 23.5 Å². The summed E-state index contributed by atoms with van der Waals surface area (Å²) in [6, 6.07) is 14.5. The minimum atomic E-state index is -0.370. The van der Waals surface area contributed by atoms with Gasteiger partial charge in [-0.25, -0.2) is 4.98 Å². The van der Waals surface area contributed by atoms with Crippen molar-refractivity contribution in [3.8, 4) is 5.75 Å². The number of oxazole rings is 1. The summed E-state index contributed by atoms with van der Waals surface area (Å²) in [5.41, 5.74) is 2.19. The monoisotopic (exact) mass is 469 g/mol. The normalized spacial score (nSPS) is 15.0. The highest BCUT2D eigenvalue weighted by atomic mass is 32.2. The highest BCUT2D eigenvalue weighted by Crippen LogP contribution is 2.32. The molecule has 1 aliphatic heterocycles. The van der Waals surface area contributed by atoms with Gasteiger partial charge in [-0.05, 0) is 47.7 Å². The highest BCUT2D eigenvalue weighted by molar-refractivity contribution is 8.18. The Balaban J connectivity index is 1.25. The zero-order valence-corrected chi connectivity index (χ0v) is 18.7. The van der Waals surface area contributed by atoms with Crippen LogP contribution in [-0.2, 0) is 9.59 Å². The summed E-state index contributed by atoms with van der Waals surface area (Å²) in [7, 11) is 1.58. The Bertz CT molecular complexity index is 1160. The van der Waals surface area contributed by atoms with Gasteiger partial charge < -0.3 is 14.5 Å². The minimum Gasteiger partial charge on any atom is -0.497 e. The van der Waals surface area contributed by atoms with E-state index in [0.29, 0.717) is 21.5 Å². The molecule has 1 saturated heterocycles. The average molecular weight is 470 g/mol. The Morgan fingerprint density at radius 3 is 2.75 bits per heavy atom. The Hall–Kier alpha value is -3.24. The number of fused-ring (bicyclic) bond motifs is 1. The van der Waals surface area contributed by atoms with E-state index in [0.717, 1.165) is 27.7 Å². The maximum absolute atomic E-state index is 12.6. The number of hydrogen-bond donors (Lipinski definition) is 1.